The van der Waals surface area contributed by atoms with Crippen LogP contribution in [0.25, 0.3) is 11.1 Å². The van der Waals surface area contributed by atoms with E-state index in [4.69, 9.17) is 0 Å². The number of anilines is 1. The maximum absolute atomic E-state index is 13.5. The highest BCUT2D eigenvalue weighted by Gasteiger charge is 2.24. The van der Waals surface area contributed by atoms with E-state index < -0.39 is 5.97 Å². The lowest BCUT2D eigenvalue weighted by molar-refractivity contribution is -0.118. The number of aromatic carboxylic acids is 1. The average molecular weight is 505 g/mol. The lowest BCUT2D eigenvalue weighted by atomic mass is 9.89. The van der Waals surface area contributed by atoms with Crippen LogP contribution in [0.3, 0.4) is 0 Å². The molecule has 3 aromatic rings. The van der Waals surface area contributed by atoms with Gasteiger partial charge in [-0.2, -0.15) is 0 Å². The predicted octanol–water partition coefficient (Wildman–Crippen LogP) is 6.31. The second kappa shape index (κ2) is 12.1. The molecular formula is C29H32N2O4S. The maximum atomic E-state index is 13.5. The standard InChI is InChI=1S/C29H32N2O4S/c1-30(36-25-15-12-23(13-16-25)22-10-6-3-7-11-22)20-28(33)31(19-21-8-4-2-5-9-21)24-14-17-26(29(34)35)27(32)18-24/h3,6-7,10-18,21,32H,2,4-5,8-9,19-20H2,1H3,(H,34,35). The molecule has 1 fully saturated rings. The normalized spacial score (nSPS) is 14.1. The van der Waals surface area contributed by atoms with Crippen LogP contribution in [0.1, 0.15) is 42.5 Å². The van der Waals surface area contributed by atoms with Crippen LogP contribution in [-0.2, 0) is 4.79 Å². The van der Waals surface area contributed by atoms with Crippen LogP contribution in [0.2, 0.25) is 0 Å². The zero-order valence-electron chi connectivity index (χ0n) is 20.5. The fourth-order valence-corrected chi connectivity index (χ4v) is 5.47. The van der Waals surface area contributed by atoms with Crippen molar-refractivity contribution in [1.29, 1.82) is 0 Å². The molecule has 1 amide bonds. The Labute approximate surface area is 216 Å². The van der Waals surface area contributed by atoms with Crippen LogP contribution < -0.4 is 4.90 Å². The molecule has 36 heavy (non-hydrogen) atoms. The van der Waals surface area contributed by atoms with E-state index in [1.165, 1.54) is 30.5 Å². The third-order valence-corrected chi connectivity index (χ3v) is 7.49. The first kappa shape index (κ1) is 25.8. The number of hydrogen-bond donors (Lipinski definition) is 2. The van der Waals surface area contributed by atoms with Gasteiger partial charge in [0, 0.05) is 23.2 Å². The van der Waals surface area contributed by atoms with Crippen LogP contribution in [0, 0.1) is 5.92 Å². The second-order valence-electron chi connectivity index (χ2n) is 9.28. The number of aromatic hydroxyl groups is 1. The Balaban J connectivity index is 1.45. The molecule has 1 aliphatic carbocycles. The molecule has 0 atom stereocenters. The summed E-state index contributed by atoms with van der Waals surface area (Å²) < 4.78 is 1.90. The lowest BCUT2D eigenvalue weighted by Crippen LogP contribution is -2.40. The number of hydrogen-bond acceptors (Lipinski definition) is 5. The summed E-state index contributed by atoms with van der Waals surface area (Å²) in [6.45, 7) is 0.744. The molecule has 6 nitrogen and oxygen atoms in total. The summed E-state index contributed by atoms with van der Waals surface area (Å²) in [5.74, 6) is -1.22. The molecule has 0 aromatic heterocycles. The van der Waals surface area contributed by atoms with Crippen molar-refractivity contribution in [2.45, 2.75) is 37.0 Å². The van der Waals surface area contributed by atoms with Crippen molar-refractivity contribution in [3.63, 3.8) is 0 Å². The molecule has 188 valence electrons. The van der Waals surface area contributed by atoms with Gasteiger partial charge in [0.15, 0.2) is 0 Å². The Kier molecular flexibility index (Phi) is 8.67. The van der Waals surface area contributed by atoms with Crippen molar-refractivity contribution >= 4 is 29.5 Å². The number of rotatable bonds is 9. The van der Waals surface area contributed by atoms with Crippen LogP contribution in [0.4, 0.5) is 5.69 Å². The van der Waals surface area contributed by atoms with Crippen LogP contribution in [0.15, 0.2) is 77.7 Å². The van der Waals surface area contributed by atoms with Gasteiger partial charge in [-0.25, -0.2) is 9.10 Å². The first-order valence-corrected chi connectivity index (χ1v) is 13.1. The Bertz CT molecular complexity index is 1180. The quantitative estimate of drug-likeness (QED) is 0.332. The fraction of sp³-hybridized carbons (Fsp3) is 0.310. The van der Waals surface area contributed by atoms with Gasteiger partial charge in [0.2, 0.25) is 5.91 Å². The third kappa shape index (κ3) is 6.68. The summed E-state index contributed by atoms with van der Waals surface area (Å²) in [4.78, 5) is 27.5. The van der Waals surface area contributed by atoms with E-state index in [2.05, 4.69) is 36.4 Å². The van der Waals surface area contributed by atoms with Gasteiger partial charge < -0.3 is 15.1 Å². The molecule has 0 aliphatic heterocycles. The van der Waals surface area contributed by atoms with E-state index in [9.17, 15) is 19.8 Å². The van der Waals surface area contributed by atoms with Gasteiger partial charge in [-0.1, -0.05) is 61.7 Å². The second-order valence-corrected chi connectivity index (χ2v) is 10.6. The van der Waals surface area contributed by atoms with Crippen molar-refractivity contribution in [3.05, 3.63) is 78.4 Å². The minimum Gasteiger partial charge on any atom is -0.507 e. The SMILES string of the molecule is CN(CC(=O)N(CC1CCCCC1)c1ccc(C(=O)O)c(O)c1)Sc1ccc(-c2ccccc2)cc1. The van der Waals surface area contributed by atoms with Gasteiger partial charge in [0.25, 0.3) is 0 Å². The molecule has 1 saturated carbocycles. The summed E-state index contributed by atoms with van der Waals surface area (Å²) >= 11 is 1.50. The van der Waals surface area contributed by atoms with E-state index >= 15 is 0 Å². The summed E-state index contributed by atoms with van der Waals surface area (Å²) in [5, 5.41) is 19.5. The molecule has 0 unspecified atom stereocenters. The maximum Gasteiger partial charge on any atom is 0.339 e. The fourth-order valence-electron chi connectivity index (χ4n) is 4.67. The molecule has 2 N–H and O–H groups in total. The molecule has 4 rings (SSSR count). The number of carboxylic acids is 1. The molecule has 0 saturated heterocycles. The Hall–Kier alpha value is -3.29. The van der Waals surface area contributed by atoms with Gasteiger partial charge in [-0.3, -0.25) is 4.79 Å². The molecule has 0 bridgehead atoms. The lowest BCUT2D eigenvalue weighted by Gasteiger charge is -2.31. The highest BCUT2D eigenvalue weighted by Crippen LogP contribution is 2.31. The Morgan fingerprint density at radius 1 is 0.917 bits per heavy atom. The highest BCUT2D eigenvalue weighted by molar-refractivity contribution is 7.97. The summed E-state index contributed by atoms with van der Waals surface area (Å²) in [7, 11) is 1.89. The zero-order valence-corrected chi connectivity index (χ0v) is 21.3. The van der Waals surface area contributed by atoms with Gasteiger partial charge in [-0.05, 0) is 73.1 Å². The van der Waals surface area contributed by atoms with Gasteiger partial charge in [0.1, 0.15) is 11.3 Å². The van der Waals surface area contributed by atoms with Crippen molar-refractivity contribution < 1.29 is 19.8 Å². The van der Waals surface area contributed by atoms with Crippen LogP contribution in [-0.4, -0.2) is 46.5 Å². The molecule has 3 aromatic carbocycles. The molecule has 7 heteroatoms. The van der Waals surface area contributed by atoms with E-state index in [-0.39, 0.29) is 23.8 Å². The van der Waals surface area contributed by atoms with Gasteiger partial charge in [-0.15, -0.1) is 0 Å². The van der Waals surface area contributed by atoms with Crippen molar-refractivity contribution in [2.24, 2.45) is 5.92 Å². The van der Waals surface area contributed by atoms with Gasteiger partial charge in [0.05, 0.1) is 6.54 Å². The molecule has 0 radical (unpaired) electrons. The first-order chi connectivity index (χ1) is 17.4. The van der Waals surface area contributed by atoms with E-state index in [0.717, 1.165) is 41.7 Å². The van der Waals surface area contributed by atoms with E-state index in [1.54, 1.807) is 11.0 Å². The highest BCUT2D eigenvalue weighted by atomic mass is 32.2. The van der Waals surface area contributed by atoms with Gasteiger partial charge >= 0.3 is 5.97 Å². The smallest absolute Gasteiger partial charge is 0.339 e. The van der Waals surface area contributed by atoms with Crippen LogP contribution >= 0.6 is 11.9 Å². The summed E-state index contributed by atoms with van der Waals surface area (Å²) in [5.41, 5.74) is 2.66. The first-order valence-electron chi connectivity index (χ1n) is 12.3. The number of benzene rings is 3. The van der Waals surface area contributed by atoms with E-state index in [1.807, 2.05) is 29.6 Å². The zero-order chi connectivity index (χ0) is 25.5. The number of amides is 1. The number of phenols is 1. The minimum atomic E-state index is -1.20. The van der Waals surface area contributed by atoms with E-state index in [0.29, 0.717) is 18.2 Å². The molecule has 0 heterocycles. The molecule has 1 aliphatic rings. The molecule has 0 spiro atoms. The largest absolute Gasteiger partial charge is 0.507 e. The number of carboxylic acid groups (broad SMARTS) is 1. The third-order valence-electron chi connectivity index (χ3n) is 6.57. The number of likely N-dealkylation sites (N-methyl/N-ethyl adjacent to an activating group) is 1. The topological polar surface area (TPSA) is 81.1 Å². The van der Waals surface area contributed by atoms with Crippen molar-refractivity contribution in [1.82, 2.24) is 4.31 Å². The minimum absolute atomic E-state index is 0.0843. The summed E-state index contributed by atoms with van der Waals surface area (Å²) in [6.07, 6.45) is 5.68. The number of nitrogens with zero attached hydrogens (tertiary/aromatic N) is 2. The van der Waals surface area contributed by atoms with Crippen LogP contribution in [0.5, 0.6) is 5.75 Å². The Morgan fingerprint density at radius 3 is 2.22 bits per heavy atom. The van der Waals surface area contributed by atoms with Crippen molar-refractivity contribution in [3.8, 4) is 16.9 Å². The monoisotopic (exact) mass is 504 g/mol. The average Bonchev–Trinajstić information content (AvgIpc) is 2.88. The predicted molar refractivity (Wildman–Crippen MR) is 144 cm³/mol. The number of carbonyl (C=O) groups is 2. The number of carbonyl (C=O) groups excluding carboxylic acids is 1. The Morgan fingerprint density at radius 2 is 1.58 bits per heavy atom. The summed E-state index contributed by atoms with van der Waals surface area (Å²) in [6, 6.07) is 22.8. The van der Waals surface area contributed by atoms with Crippen molar-refractivity contribution in [2.75, 3.05) is 25.0 Å². The molecular weight excluding hydrogens is 472 g/mol.